The molecule has 0 bridgehead atoms. The van der Waals surface area contributed by atoms with Gasteiger partial charge in [-0.05, 0) is 18.4 Å². The van der Waals surface area contributed by atoms with Crippen molar-refractivity contribution >= 4 is 25.8 Å². The third kappa shape index (κ3) is 14.0. The zero-order valence-corrected chi connectivity index (χ0v) is 16.9. The Morgan fingerprint density at radius 3 is 2.00 bits per heavy atom. The minimum absolute atomic E-state index is 0.0787. The van der Waals surface area contributed by atoms with E-state index in [1.54, 1.807) is 0 Å². The van der Waals surface area contributed by atoms with E-state index in [1.165, 1.54) is 12.8 Å². The molecule has 0 heterocycles. The van der Waals surface area contributed by atoms with E-state index < -0.39 is 9.05 Å². The molecule has 1 amide bonds. The van der Waals surface area contributed by atoms with Crippen LogP contribution in [0.15, 0.2) is 30.3 Å². The van der Waals surface area contributed by atoms with Crippen molar-refractivity contribution in [3.05, 3.63) is 35.9 Å². The number of hydrogen-bond acceptors (Lipinski definition) is 4. The molecule has 7 heteroatoms. The van der Waals surface area contributed by atoms with E-state index in [0.717, 1.165) is 44.1 Å². The van der Waals surface area contributed by atoms with Crippen LogP contribution in [0.1, 0.15) is 63.4 Å². The highest BCUT2D eigenvalue weighted by molar-refractivity contribution is 8.13. The number of halogens is 1. The summed E-state index contributed by atoms with van der Waals surface area (Å²) in [6, 6.07) is 9.61. The van der Waals surface area contributed by atoms with E-state index in [4.69, 9.17) is 15.4 Å². The van der Waals surface area contributed by atoms with Crippen LogP contribution in [0.2, 0.25) is 0 Å². The second kappa shape index (κ2) is 13.9. The zero-order chi connectivity index (χ0) is 19.1. The number of benzene rings is 1. The standard InChI is InChI=1S/C19H30ClNO4S/c20-26(23,24)16-12-7-5-3-1-2-4-6-11-15-21-19(22)25-17-18-13-9-8-10-14-18/h8-10,13-14H,1-7,11-12,15-17H2,(H,21,22). The first-order chi connectivity index (χ1) is 12.5. The molecule has 1 rings (SSSR count). The van der Waals surface area contributed by atoms with Gasteiger partial charge in [0.2, 0.25) is 9.05 Å². The third-order valence-corrected chi connectivity index (χ3v) is 5.29. The number of unbranched alkanes of at least 4 members (excludes halogenated alkanes) is 8. The van der Waals surface area contributed by atoms with Gasteiger partial charge in [-0.25, -0.2) is 13.2 Å². The van der Waals surface area contributed by atoms with Crippen molar-refractivity contribution in [1.29, 1.82) is 0 Å². The largest absolute Gasteiger partial charge is 0.445 e. The smallest absolute Gasteiger partial charge is 0.407 e. The van der Waals surface area contributed by atoms with Crippen LogP contribution >= 0.6 is 10.7 Å². The molecule has 1 aromatic rings. The van der Waals surface area contributed by atoms with Crippen LogP contribution in [0, 0.1) is 0 Å². The Labute approximate surface area is 161 Å². The lowest BCUT2D eigenvalue weighted by molar-refractivity contribution is 0.139. The summed E-state index contributed by atoms with van der Waals surface area (Å²) in [6.45, 7) is 0.935. The molecule has 0 aliphatic carbocycles. The van der Waals surface area contributed by atoms with Crippen LogP contribution in [0.3, 0.4) is 0 Å². The van der Waals surface area contributed by atoms with Gasteiger partial charge < -0.3 is 10.1 Å². The SMILES string of the molecule is O=C(NCCCCCCCCCCCS(=O)(=O)Cl)OCc1ccccc1. The van der Waals surface area contributed by atoms with Crippen LogP contribution in [0.5, 0.6) is 0 Å². The first-order valence-corrected chi connectivity index (χ1v) is 11.8. The Morgan fingerprint density at radius 2 is 1.42 bits per heavy atom. The van der Waals surface area contributed by atoms with Crippen LogP contribution in [-0.4, -0.2) is 26.8 Å². The topological polar surface area (TPSA) is 72.5 Å². The van der Waals surface area contributed by atoms with E-state index in [-0.39, 0.29) is 11.8 Å². The van der Waals surface area contributed by atoms with Crippen molar-refractivity contribution in [2.45, 2.75) is 64.4 Å². The number of amides is 1. The van der Waals surface area contributed by atoms with E-state index in [0.29, 0.717) is 19.6 Å². The Morgan fingerprint density at radius 1 is 0.885 bits per heavy atom. The zero-order valence-electron chi connectivity index (χ0n) is 15.3. The van der Waals surface area contributed by atoms with Crippen LogP contribution < -0.4 is 5.32 Å². The number of carbonyl (C=O) groups excluding carboxylic acids is 1. The molecule has 148 valence electrons. The van der Waals surface area contributed by atoms with Gasteiger partial charge in [-0.15, -0.1) is 0 Å². The van der Waals surface area contributed by atoms with Crippen molar-refractivity contribution in [2.75, 3.05) is 12.3 Å². The van der Waals surface area contributed by atoms with Crippen molar-refractivity contribution in [2.24, 2.45) is 0 Å². The van der Waals surface area contributed by atoms with E-state index in [9.17, 15) is 13.2 Å². The molecular formula is C19H30ClNO4S. The third-order valence-electron chi connectivity index (χ3n) is 4.05. The lowest BCUT2D eigenvalue weighted by Gasteiger charge is -2.07. The molecule has 5 nitrogen and oxygen atoms in total. The summed E-state index contributed by atoms with van der Waals surface area (Å²) >= 11 is 0. The van der Waals surface area contributed by atoms with Crippen molar-refractivity contribution in [1.82, 2.24) is 5.32 Å². The summed E-state index contributed by atoms with van der Waals surface area (Å²) in [4.78, 5) is 11.6. The molecule has 1 aromatic carbocycles. The lowest BCUT2D eigenvalue weighted by Crippen LogP contribution is -2.25. The van der Waals surface area contributed by atoms with Gasteiger partial charge in [0.15, 0.2) is 0 Å². The maximum atomic E-state index is 11.6. The molecular weight excluding hydrogens is 374 g/mol. The minimum atomic E-state index is -3.33. The molecule has 0 saturated carbocycles. The summed E-state index contributed by atoms with van der Waals surface area (Å²) in [5, 5.41) is 2.77. The van der Waals surface area contributed by atoms with Crippen molar-refractivity contribution in [3.8, 4) is 0 Å². The fourth-order valence-electron chi connectivity index (χ4n) is 2.60. The summed E-state index contributed by atoms with van der Waals surface area (Å²) < 4.78 is 26.7. The Hall–Kier alpha value is -1.27. The van der Waals surface area contributed by atoms with Crippen LogP contribution in [0.25, 0.3) is 0 Å². The first kappa shape index (κ1) is 22.8. The van der Waals surface area contributed by atoms with Gasteiger partial charge in [-0.3, -0.25) is 0 Å². The molecule has 0 spiro atoms. The van der Waals surface area contributed by atoms with Gasteiger partial charge in [0.25, 0.3) is 0 Å². The monoisotopic (exact) mass is 403 g/mol. The molecule has 0 aromatic heterocycles. The molecule has 0 fully saturated rings. The number of alkyl carbamates (subject to hydrolysis) is 1. The number of nitrogens with one attached hydrogen (secondary N) is 1. The molecule has 0 aliphatic heterocycles. The Bertz CT molecular complexity index is 593. The highest BCUT2D eigenvalue weighted by Crippen LogP contribution is 2.11. The average molecular weight is 404 g/mol. The summed E-state index contributed by atoms with van der Waals surface area (Å²) in [6.07, 6.45) is 8.92. The normalized spacial score (nSPS) is 11.3. The fourth-order valence-corrected chi connectivity index (χ4v) is 3.48. The van der Waals surface area contributed by atoms with Gasteiger partial charge in [0.05, 0.1) is 5.75 Å². The van der Waals surface area contributed by atoms with Gasteiger partial charge >= 0.3 is 6.09 Å². The number of ether oxygens (including phenoxy) is 1. The number of rotatable bonds is 14. The molecule has 0 radical (unpaired) electrons. The molecule has 0 saturated heterocycles. The van der Waals surface area contributed by atoms with Crippen molar-refractivity contribution in [3.63, 3.8) is 0 Å². The predicted octanol–water partition coefficient (Wildman–Crippen LogP) is 4.99. The fraction of sp³-hybridized carbons (Fsp3) is 0.632. The maximum absolute atomic E-state index is 11.6. The van der Waals surface area contributed by atoms with Gasteiger partial charge in [0.1, 0.15) is 6.61 Å². The Balaban J connectivity index is 1.83. The molecule has 26 heavy (non-hydrogen) atoms. The quantitative estimate of drug-likeness (QED) is 0.350. The average Bonchev–Trinajstić information content (AvgIpc) is 2.61. The van der Waals surface area contributed by atoms with Crippen LogP contribution in [0.4, 0.5) is 4.79 Å². The molecule has 0 unspecified atom stereocenters. The van der Waals surface area contributed by atoms with Gasteiger partial charge in [-0.2, -0.15) is 0 Å². The highest BCUT2D eigenvalue weighted by Gasteiger charge is 2.04. The lowest BCUT2D eigenvalue weighted by atomic mass is 10.1. The minimum Gasteiger partial charge on any atom is -0.445 e. The predicted molar refractivity (Wildman–Crippen MR) is 106 cm³/mol. The number of carbonyl (C=O) groups is 1. The Kier molecular flexibility index (Phi) is 12.1. The second-order valence-electron chi connectivity index (χ2n) is 6.41. The van der Waals surface area contributed by atoms with E-state index in [2.05, 4.69) is 5.32 Å². The molecule has 1 N–H and O–H groups in total. The van der Waals surface area contributed by atoms with Gasteiger partial charge in [0, 0.05) is 17.2 Å². The molecule has 0 aliphatic rings. The van der Waals surface area contributed by atoms with Crippen LogP contribution in [-0.2, 0) is 20.4 Å². The highest BCUT2D eigenvalue weighted by atomic mass is 35.7. The molecule has 0 atom stereocenters. The summed E-state index contributed by atoms with van der Waals surface area (Å²) in [5.41, 5.74) is 0.979. The van der Waals surface area contributed by atoms with E-state index in [1.807, 2.05) is 30.3 Å². The van der Waals surface area contributed by atoms with Gasteiger partial charge in [-0.1, -0.05) is 75.3 Å². The van der Waals surface area contributed by atoms with E-state index >= 15 is 0 Å². The summed E-state index contributed by atoms with van der Waals surface area (Å²) in [5.74, 6) is 0.0787. The first-order valence-electron chi connectivity index (χ1n) is 9.34. The number of hydrogen-bond donors (Lipinski definition) is 1. The van der Waals surface area contributed by atoms with Crippen molar-refractivity contribution < 1.29 is 17.9 Å². The second-order valence-corrected chi connectivity index (χ2v) is 9.31. The maximum Gasteiger partial charge on any atom is 0.407 e. The summed E-state index contributed by atoms with van der Waals surface area (Å²) in [7, 11) is 1.83.